The van der Waals surface area contributed by atoms with Crippen LogP contribution in [0.2, 0.25) is 0 Å². The Morgan fingerprint density at radius 1 is 1.20 bits per heavy atom. The summed E-state index contributed by atoms with van der Waals surface area (Å²) in [5.41, 5.74) is 0.653. The molecule has 1 aliphatic rings. The first kappa shape index (κ1) is 17.4. The van der Waals surface area contributed by atoms with Crippen molar-refractivity contribution in [2.75, 3.05) is 13.2 Å². The number of hydrogen-bond acceptors (Lipinski definition) is 3. The van der Waals surface area contributed by atoms with E-state index in [2.05, 4.69) is 0 Å². The predicted molar refractivity (Wildman–Crippen MR) is 88.0 cm³/mol. The molecule has 2 aromatic rings. The van der Waals surface area contributed by atoms with Crippen molar-refractivity contribution < 1.29 is 23.4 Å². The second-order valence-electron chi connectivity index (χ2n) is 6.04. The van der Waals surface area contributed by atoms with Crippen molar-refractivity contribution in [3.05, 3.63) is 65.7 Å². The first-order chi connectivity index (χ1) is 12.0. The third-order valence-electron chi connectivity index (χ3n) is 4.24. The summed E-state index contributed by atoms with van der Waals surface area (Å²) in [5.74, 6) is -0.987. The number of hydrogen-bond donors (Lipinski definition) is 1. The third kappa shape index (κ3) is 4.14. The molecule has 0 aromatic heterocycles. The van der Waals surface area contributed by atoms with E-state index in [1.54, 1.807) is 24.3 Å². The maximum atomic E-state index is 13.5. The van der Waals surface area contributed by atoms with Crippen LogP contribution in [0.5, 0.6) is 5.75 Å². The van der Waals surface area contributed by atoms with Crippen molar-refractivity contribution >= 4 is 5.91 Å². The molecule has 3 rings (SSSR count). The van der Waals surface area contributed by atoms with Gasteiger partial charge in [0.25, 0.3) is 0 Å². The number of carbonyl (C=O) groups excluding carboxylic acids is 1. The molecule has 0 radical (unpaired) electrons. The monoisotopic (exact) mass is 347 g/mol. The number of para-hydroxylation sites is 1. The van der Waals surface area contributed by atoms with E-state index in [1.165, 1.54) is 29.2 Å². The number of ether oxygens (including phenoxy) is 1. The maximum absolute atomic E-state index is 13.5. The number of aliphatic hydroxyl groups is 1. The number of benzene rings is 2. The molecule has 1 N–H and O–H groups in total. The minimum atomic E-state index is -0.648. The average Bonchev–Trinajstić information content (AvgIpc) is 2.98. The number of halogens is 2. The Balaban J connectivity index is 1.63. The van der Waals surface area contributed by atoms with Gasteiger partial charge in [0.1, 0.15) is 5.82 Å². The standard InChI is InChI=1S/C19H19F2NO3/c20-14-5-3-4-13(10-14)17-11-15(23)12-22(17)19(24)8-9-25-18-7-2-1-6-16(18)21/h1-7,10,15,17,23H,8-9,11-12H2. The number of β-amino-alcohol motifs (C(OH)–C–C–N with tert-alkyl or cyclic N) is 1. The molecule has 2 atom stereocenters. The van der Waals surface area contributed by atoms with Gasteiger partial charge in [0, 0.05) is 6.54 Å². The molecule has 2 unspecified atom stereocenters. The van der Waals surface area contributed by atoms with E-state index in [4.69, 9.17) is 4.74 Å². The minimum Gasteiger partial charge on any atom is -0.490 e. The summed E-state index contributed by atoms with van der Waals surface area (Å²) in [5, 5.41) is 9.92. The van der Waals surface area contributed by atoms with Crippen LogP contribution < -0.4 is 4.74 Å². The van der Waals surface area contributed by atoms with Crippen LogP contribution in [0.4, 0.5) is 8.78 Å². The average molecular weight is 347 g/mol. The molecule has 1 aliphatic heterocycles. The summed E-state index contributed by atoms with van der Waals surface area (Å²) in [6.07, 6.45) is -0.235. The van der Waals surface area contributed by atoms with Gasteiger partial charge in [0.05, 0.1) is 25.2 Å². The normalized spacial score (nSPS) is 19.9. The van der Waals surface area contributed by atoms with Gasteiger partial charge in [-0.05, 0) is 36.2 Å². The Kier molecular flexibility index (Phi) is 5.28. The van der Waals surface area contributed by atoms with Crippen molar-refractivity contribution in [1.82, 2.24) is 4.90 Å². The van der Waals surface area contributed by atoms with Gasteiger partial charge < -0.3 is 14.7 Å². The first-order valence-electron chi connectivity index (χ1n) is 8.15. The van der Waals surface area contributed by atoms with Crippen LogP contribution >= 0.6 is 0 Å². The molecule has 0 bridgehead atoms. The first-order valence-corrected chi connectivity index (χ1v) is 8.15. The lowest BCUT2D eigenvalue weighted by Crippen LogP contribution is -2.32. The molecular weight excluding hydrogens is 328 g/mol. The number of rotatable bonds is 5. The van der Waals surface area contributed by atoms with Crippen molar-refractivity contribution in [3.63, 3.8) is 0 Å². The predicted octanol–water partition coefficient (Wildman–Crippen LogP) is 3.07. The Morgan fingerprint density at radius 2 is 2.00 bits per heavy atom. The molecule has 2 aromatic carbocycles. The van der Waals surface area contributed by atoms with E-state index >= 15 is 0 Å². The van der Waals surface area contributed by atoms with E-state index in [-0.39, 0.29) is 43.1 Å². The Labute approximate surface area is 144 Å². The molecule has 1 fully saturated rings. The Hall–Kier alpha value is -2.47. The van der Waals surface area contributed by atoms with Crippen LogP contribution in [0.1, 0.15) is 24.4 Å². The summed E-state index contributed by atoms with van der Waals surface area (Å²) in [4.78, 5) is 14.0. The molecule has 0 aliphatic carbocycles. The highest BCUT2D eigenvalue weighted by Crippen LogP contribution is 2.33. The molecule has 132 valence electrons. The number of aliphatic hydroxyl groups excluding tert-OH is 1. The van der Waals surface area contributed by atoms with Crippen molar-refractivity contribution in [1.29, 1.82) is 0 Å². The Morgan fingerprint density at radius 3 is 2.76 bits per heavy atom. The SMILES string of the molecule is O=C(CCOc1ccccc1F)N1CC(O)CC1c1cccc(F)c1. The van der Waals surface area contributed by atoms with Crippen molar-refractivity contribution in [2.45, 2.75) is 25.0 Å². The fraction of sp³-hybridized carbons (Fsp3) is 0.316. The second kappa shape index (κ2) is 7.61. The molecule has 0 spiro atoms. The summed E-state index contributed by atoms with van der Waals surface area (Å²) >= 11 is 0. The van der Waals surface area contributed by atoms with Crippen molar-refractivity contribution in [3.8, 4) is 5.75 Å². The Bertz CT molecular complexity index is 753. The summed E-state index contributed by atoms with van der Waals surface area (Å²) in [6.45, 7) is 0.224. The highest BCUT2D eigenvalue weighted by Gasteiger charge is 2.35. The fourth-order valence-electron chi connectivity index (χ4n) is 3.07. The maximum Gasteiger partial charge on any atom is 0.226 e. The lowest BCUT2D eigenvalue weighted by Gasteiger charge is -2.25. The van der Waals surface area contributed by atoms with Crippen molar-refractivity contribution in [2.24, 2.45) is 0 Å². The summed E-state index contributed by atoms with van der Waals surface area (Å²) < 4.78 is 32.3. The zero-order valence-electron chi connectivity index (χ0n) is 13.6. The van der Waals surface area contributed by atoms with E-state index < -0.39 is 11.9 Å². The molecule has 4 nitrogen and oxygen atoms in total. The summed E-state index contributed by atoms with van der Waals surface area (Å²) in [6, 6.07) is 11.7. The highest BCUT2D eigenvalue weighted by molar-refractivity contribution is 5.77. The van der Waals surface area contributed by atoms with E-state index in [0.717, 1.165) is 0 Å². The number of amides is 1. The van der Waals surface area contributed by atoms with Gasteiger partial charge in [0.2, 0.25) is 5.91 Å². The number of likely N-dealkylation sites (tertiary alicyclic amines) is 1. The molecule has 1 saturated heterocycles. The third-order valence-corrected chi connectivity index (χ3v) is 4.24. The van der Waals surface area contributed by atoms with Crippen LogP contribution in [0.3, 0.4) is 0 Å². The second-order valence-corrected chi connectivity index (χ2v) is 6.04. The zero-order chi connectivity index (χ0) is 17.8. The van der Waals surface area contributed by atoms with Gasteiger partial charge in [-0.2, -0.15) is 0 Å². The lowest BCUT2D eigenvalue weighted by molar-refractivity contribution is -0.133. The van der Waals surface area contributed by atoms with Crippen LogP contribution in [0, 0.1) is 11.6 Å². The number of nitrogens with zero attached hydrogens (tertiary/aromatic N) is 1. The van der Waals surface area contributed by atoms with Gasteiger partial charge in [-0.1, -0.05) is 24.3 Å². The van der Waals surface area contributed by atoms with E-state index in [0.29, 0.717) is 12.0 Å². The molecule has 6 heteroatoms. The van der Waals surface area contributed by atoms with Crippen LogP contribution in [0.15, 0.2) is 48.5 Å². The molecule has 0 saturated carbocycles. The molecule has 1 amide bonds. The summed E-state index contributed by atoms with van der Waals surface area (Å²) in [7, 11) is 0. The lowest BCUT2D eigenvalue weighted by atomic mass is 10.0. The zero-order valence-corrected chi connectivity index (χ0v) is 13.6. The molecule has 25 heavy (non-hydrogen) atoms. The van der Waals surface area contributed by atoms with Gasteiger partial charge in [0.15, 0.2) is 11.6 Å². The fourth-order valence-corrected chi connectivity index (χ4v) is 3.07. The quantitative estimate of drug-likeness (QED) is 0.904. The van der Waals surface area contributed by atoms with Crippen LogP contribution in [-0.2, 0) is 4.79 Å². The van der Waals surface area contributed by atoms with Gasteiger partial charge in [-0.3, -0.25) is 4.79 Å². The van der Waals surface area contributed by atoms with Gasteiger partial charge >= 0.3 is 0 Å². The largest absolute Gasteiger partial charge is 0.490 e. The smallest absolute Gasteiger partial charge is 0.226 e. The van der Waals surface area contributed by atoms with E-state index in [1.807, 2.05) is 0 Å². The van der Waals surface area contributed by atoms with Gasteiger partial charge in [-0.15, -0.1) is 0 Å². The van der Waals surface area contributed by atoms with Gasteiger partial charge in [-0.25, -0.2) is 8.78 Å². The molecule has 1 heterocycles. The van der Waals surface area contributed by atoms with Crippen LogP contribution in [-0.4, -0.2) is 35.2 Å². The molecular formula is C19H19F2NO3. The number of carbonyl (C=O) groups is 1. The highest BCUT2D eigenvalue weighted by atomic mass is 19.1. The minimum absolute atomic E-state index is 0.0300. The van der Waals surface area contributed by atoms with E-state index in [9.17, 15) is 18.7 Å². The van der Waals surface area contributed by atoms with Crippen LogP contribution in [0.25, 0.3) is 0 Å². The topological polar surface area (TPSA) is 49.8 Å².